The van der Waals surface area contributed by atoms with Gasteiger partial charge in [-0.2, -0.15) is 0 Å². The van der Waals surface area contributed by atoms with Gasteiger partial charge in [0.05, 0.1) is 12.7 Å². The quantitative estimate of drug-likeness (QED) is 0.486. The zero-order chi connectivity index (χ0) is 7.98. The molecule has 0 spiro atoms. The van der Waals surface area contributed by atoms with Gasteiger partial charge in [-0.15, -0.1) is 0 Å². The van der Waals surface area contributed by atoms with Crippen LogP contribution in [0.15, 0.2) is 0 Å². The summed E-state index contributed by atoms with van der Waals surface area (Å²) in [6.07, 6.45) is 0.644. The molecule has 10 heavy (non-hydrogen) atoms. The van der Waals surface area contributed by atoms with Crippen molar-refractivity contribution in [3.05, 3.63) is 0 Å². The standard InChI is InChI=1S/C4H8O2.CHClO2/c5-4-1-2-6-3-4;2-1(3)4/h4-5H,1-3H2;(H,3,4)/p-1/t4-;/m0./s1. The summed E-state index contributed by atoms with van der Waals surface area (Å²) in [6.45, 7) is 1.28. The van der Waals surface area contributed by atoms with Gasteiger partial charge in [-0.3, -0.25) is 0 Å². The molecule has 1 aliphatic rings. The number of carboxylic acid groups (broad SMARTS) is 1. The van der Waals surface area contributed by atoms with Crippen LogP contribution in [0, 0.1) is 0 Å². The maximum absolute atomic E-state index is 8.65. The molecular formula is C5H8ClO4-. The molecule has 0 unspecified atom stereocenters. The Bertz CT molecular complexity index is 95.8. The molecule has 0 aromatic carbocycles. The van der Waals surface area contributed by atoms with Gasteiger partial charge in [-0.1, -0.05) is 11.6 Å². The molecule has 0 aromatic rings. The molecule has 0 amide bonds. The van der Waals surface area contributed by atoms with Gasteiger partial charge in [-0.25, -0.2) is 0 Å². The van der Waals surface area contributed by atoms with E-state index < -0.39 is 5.43 Å². The van der Waals surface area contributed by atoms with Crippen LogP contribution in [0.2, 0.25) is 0 Å². The van der Waals surface area contributed by atoms with E-state index in [1.54, 1.807) is 0 Å². The minimum Gasteiger partial charge on any atom is -0.534 e. The molecule has 1 atom stereocenters. The Labute approximate surface area is 63.4 Å². The average Bonchev–Trinajstić information content (AvgIpc) is 2.15. The highest BCUT2D eigenvalue weighted by atomic mass is 35.5. The largest absolute Gasteiger partial charge is 0.534 e. The highest BCUT2D eigenvalue weighted by molar-refractivity contribution is 6.59. The van der Waals surface area contributed by atoms with Crippen molar-refractivity contribution < 1.29 is 19.7 Å². The molecule has 0 aliphatic carbocycles. The SMILES string of the molecule is O=C([O-])Cl.O[C@H]1CCOC1. The highest BCUT2D eigenvalue weighted by Crippen LogP contribution is 2.00. The van der Waals surface area contributed by atoms with Crippen LogP contribution in [0.4, 0.5) is 4.79 Å². The topological polar surface area (TPSA) is 69.6 Å². The van der Waals surface area contributed by atoms with Gasteiger partial charge in [0.25, 0.3) is 0 Å². The zero-order valence-corrected chi connectivity index (χ0v) is 6.00. The van der Waals surface area contributed by atoms with Crippen LogP contribution >= 0.6 is 11.6 Å². The van der Waals surface area contributed by atoms with E-state index in [0.29, 0.717) is 6.61 Å². The van der Waals surface area contributed by atoms with Crippen LogP contribution in [0.5, 0.6) is 0 Å². The Morgan fingerprint density at radius 1 is 1.80 bits per heavy atom. The summed E-state index contributed by atoms with van der Waals surface area (Å²) in [6, 6.07) is 0. The Morgan fingerprint density at radius 3 is 2.40 bits per heavy atom. The lowest BCUT2D eigenvalue weighted by molar-refractivity contribution is -0.233. The summed E-state index contributed by atoms with van der Waals surface area (Å²) in [5, 5.41) is 17.3. The molecule has 0 bridgehead atoms. The van der Waals surface area contributed by atoms with Crippen molar-refractivity contribution in [2.45, 2.75) is 12.5 Å². The third kappa shape index (κ3) is 7.68. The van der Waals surface area contributed by atoms with E-state index >= 15 is 0 Å². The average molecular weight is 168 g/mol. The molecule has 4 nitrogen and oxygen atoms in total. The number of carbonyl (C=O) groups is 1. The van der Waals surface area contributed by atoms with E-state index in [2.05, 4.69) is 11.6 Å². The third-order valence-corrected chi connectivity index (χ3v) is 0.906. The Hall–Kier alpha value is -0.320. The first kappa shape index (κ1) is 9.68. The molecule has 1 heterocycles. The smallest absolute Gasteiger partial charge is 0.134 e. The van der Waals surface area contributed by atoms with Gasteiger partial charge >= 0.3 is 0 Å². The van der Waals surface area contributed by atoms with Crippen molar-refractivity contribution in [2.75, 3.05) is 13.2 Å². The predicted molar refractivity (Wildman–Crippen MR) is 32.7 cm³/mol. The molecule has 1 rings (SSSR count). The van der Waals surface area contributed by atoms with E-state index in [4.69, 9.17) is 19.7 Å². The first-order valence-corrected chi connectivity index (χ1v) is 3.13. The van der Waals surface area contributed by atoms with Crippen molar-refractivity contribution in [1.82, 2.24) is 0 Å². The third-order valence-electron chi connectivity index (χ3n) is 0.906. The summed E-state index contributed by atoms with van der Waals surface area (Å²) in [5.41, 5.74) is -1.61. The lowest BCUT2D eigenvalue weighted by atomic mass is 10.3. The van der Waals surface area contributed by atoms with Crippen LogP contribution in [0.3, 0.4) is 0 Å². The van der Waals surface area contributed by atoms with Gasteiger partial charge in [0.15, 0.2) is 0 Å². The van der Waals surface area contributed by atoms with Crippen molar-refractivity contribution in [3.63, 3.8) is 0 Å². The van der Waals surface area contributed by atoms with E-state index in [1.165, 1.54) is 0 Å². The van der Waals surface area contributed by atoms with Crippen LogP contribution in [-0.2, 0) is 4.74 Å². The van der Waals surface area contributed by atoms with Crippen molar-refractivity contribution in [2.24, 2.45) is 0 Å². The van der Waals surface area contributed by atoms with Crippen LogP contribution in [0.25, 0.3) is 0 Å². The first-order chi connectivity index (χ1) is 4.63. The Morgan fingerprint density at radius 2 is 2.30 bits per heavy atom. The van der Waals surface area contributed by atoms with E-state index in [1.807, 2.05) is 0 Å². The zero-order valence-electron chi connectivity index (χ0n) is 5.25. The predicted octanol–water partition coefficient (Wildman–Crippen LogP) is -0.664. The van der Waals surface area contributed by atoms with E-state index in [-0.39, 0.29) is 6.10 Å². The monoisotopic (exact) mass is 167 g/mol. The van der Waals surface area contributed by atoms with Gasteiger partial charge in [-0.05, 0) is 6.42 Å². The molecular weight excluding hydrogens is 160 g/mol. The fourth-order valence-corrected chi connectivity index (χ4v) is 0.522. The second kappa shape index (κ2) is 5.46. The number of aliphatic hydroxyl groups excluding tert-OH is 1. The number of hydrogen-bond acceptors (Lipinski definition) is 4. The summed E-state index contributed by atoms with van der Waals surface area (Å²) in [4.78, 5) is 8.65. The molecule has 1 aliphatic heterocycles. The molecule has 1 fully saturated rings. The van der Waals surface area contributed by atoms with Crippen molar-refractivity contribution >= 4 is 17.0 Å². The normalized spacial score (nSPS) is 23.2. The van der Waals surface area contributed by atoms with Gasteiger partial charge in [0, 0.05) is 6.61 Å². The van der Waals surface area contributed by atoms with Crippen LogP contribution in [-0.4, -0.2) is 29.9 Å². The molecule has 1 saturated heterocycles. The van der Waals surface area contributed by atoms with E-state index in [0.717, 1.165) is 13.0 Å². The van der Waals surface area contributed by atoms with Crippen molar-refractivity contribution in [1.29, 1.82) is 0 Å². The first-order valence-electron chi connectivity index (χ1n) is 2.75. The summed E-state index contributed by atoms with van der Waals surface area (Å²) in [5.74, 6) is 0. The lowest BCUT2D eigenvalue weighted by Gasteiger charge is -1.89. The van der Waals surface area contributed by atoms with Crippen LogP contribution in [0.1, 0.15) is 6.42 Å². The number of hydrogen-bond donors (Lipinski definition) is 1. The summed E-state index contributed by atoms with van der Waals surface area (Å²) >= 11 is 4.08. The molecule has 0 aromatic heterocycles. The second-order valence-corrected chi connectivity index (χ2v) is 2.06. The lowest BCUT2D eigenvalue weighted by Crippen LogP contribution is -2.11. The minimum absolute atomic E-state index is 0.176. The number of carbonyl (C=O) groups excluding carboxylic acids is 1. The number of halogens is 1. The Balaban J connectivity index is 0.000000180. The maximum Gasteiger partial charge on any atom is 0.134 e. The van der Waals surface area contributed by atoms with Gasteiger partial charge in [0.1, 0.15) is 5.43 Å². The Kier molecular flexibility index (Phi) is 5.29. The second-order valence-electron chi connectivity index (χ2n) is 1.76. The van der Waals surface area contributed by atoms with Crippen LogP contribution < -0.4 is 5.11 Å². The minimum atomic E-state index is -1.61. The maximum atomic E-state index is 8.65. The van der Waals surface area contributed by atoms with Crippen molar-refractivity contribution in [3.8, 4) is 0 Å². The fourth-order valence-electron chi connectivity index (χ4n) is 0.522. The number of rotatable bonds is 0. The number of ether oxygens (including phenoxy) is 1. The molecule has 0 saturated carbocycles. The number of aliphatic hydroxyl groups is 1. The molecule has 60 valence electrons. The van der Waals surface area contributed by atoms with E-state index in [9.17, 15) is 0 Å². The van der Waals surface area contributed by atoms with Gasteiger partial charge < -0.3 is 19.7 Å². The molecule has 5 heteroatoms. The highest BCUT2D eigenvalue weighted by Gasteiger charge is 2.09. The fraction of sp³-hybridized carbons (Fsp3) is 0.800. The summed E-state index contributed by atoms with van der Waals surface area (Å²) < 4.78 is 4.81. The van der Waals surface area contributed by atoms with Gasteiger partial charge in [0.2, 0.25) is 0 Å². The molecule has 0 radical (unpaired) electrons. The molecule has 1 N–H and O–H groups in total. The summed E-state index contributed by atoms with van der Waals surface area (Å²) in [7, 11) is 0.